The number of anilines is 2. The molecule has 0 saturated carbocycles. The Balaban J connectivity index is 1.36. The third-order valence-corrected chi connectivity index (χ3v) is 5.54. The Bertz CT molecular complexity index is 994. The van der Waals surface area contributed by atoms with Gasteiger partial charge in [-0.15, -0.1) is 10.2 Å². The minimum Gasteiger partial charge on any atom is -0.496 e. The summed E-state index contributed by atoms with van der Waals surface area (Å²) >= 11 is 0. The summed E-state index contributed by atoms with van der Waals surface area (Å²) in [5.41, 5.74) is 3.74. The lowest BCUT2D eigenvalue weighted by Crippen LogP contribution is -2.38. The molecule has 0 bridgehead atoms. The molecule has 3 aromatic rings. The quantitative estimate of drug-likeness (QED) is 0.689. The first-order chi connectivity index (χ1) is 14.6. The van der Waals surface area contributed by atoms with Crippen LogP contribution >= 0.6 is 0 Å². The van der Waals surface area contributed by atoms with E-state index in [2.05, 4.69) is 20.4 Å². The number of carbonyl (C=O) groups is 1. The van der Waals surface area contributed by atoms with Gasteiger partial charge in [0, 0.05) is 30.3 Å². The fourth-order valence-corrected chi connectivity index (χ4v) is 3.75. The van der Waals surface area contributed by atoms with Crippen LogP contribution in [-0.2, 0) is 4.79 Å². The lowest BCUT2D eigenvalue weighted by molar-refractivity contribution is -0.120. The van der Waals surface area contributed by atoms with E-state index in [-0.39, 0.29) is 11.8 Å². The number of rotatable bonds is 5. The number of piperidine rings is 1. The molecule has 1 saturated heterocycles. The van der Waals surface area contributed by atoms with Crippen LogP contribution in [-0.4, -0.2) is 36.3 Å². The van der Waals surface area contributed by atoms with Crippen molar-refractivity contribution in [3.8, 4) is 17.0 Å². The smallest absolute Gasteiger partial charge is 0.227 e. The van der Waals surface area contributed by atoms with E-state index in [1.54, 1.807) is 7.11 Å². The highest BCUT2D eigenvalue weighted by Crippen LogP contribution is 2.29. The second kappa shape index (κ2) is 8.95. The Kier molecular flexibility index (Phi) is 5.93. The molecule has 1 amide bonds. The van der Waals surface area contributed by atoms with E-state index < -0.39 is 0 Å². The van der Waals surface area contributed by atoms with Crippen LogP contribution in [0.3, 0.4) is 0 Å². The molecule has 1 aliphatic rings. The second-order valence-electron chi connectivity index (χ2n) is 7.59. The van der Waals surface area contributed by atoms with Crippen LogP contribution in [0.4, 0.5) is 11.5 Å². The van der Waals surface area contributed by atoms with Crippen molar-refractivity contribution in [2.24, 2.45) is 5.92 Å². The average Bonchev–Trinajstić information content (AvgIpc) is 2.81. The number of nitrogens with zero attached hydrogens (tertiary/aromatic N) is 3. The van der Waals surface area contributed by atoms with Crippen molar-refractivity contribution < 1.29 is 9.53 Å². The maximum Gasteiger partial charge on any atom is 0.227 e. The summed E-state index contributed by atoms with van der Waals surface area (Å²) < 4.78 is 5.41. The molecule has 1 aliphatic heterocycles. The van der Waals surface area contributed by atoms with Crippen molar-refractivity contribution in [3.63, 3.8) is 0 Å². The molecular formula is C24H26N4O2. The van der Waals surface area contributed by atoms with E-state index in [0.717, 1.165) is 54.4 Å². The highest BCUT2D eigenvalue weighted by Gasteiger charge is 2.26. The first-order valence-corrected chi connectivity index (χ1v) is 10.2. The lowest BCUT2D eigenvalue weighted by Gasteiger charge is -2.31. The molecule has 4 rings (SSSR count). The number of hydrogen-bond donors (Lipinski definition) is 1. The number of nitrogens with one attached hydrogen (secondary N) is 1. The largest absolute Gasteiger partial charge is 0.496 e. The van der Waals surface area contributed by atoms with Gasteiger partial charge in [0.25, 0.3) is 0 Å². The van der Waals surface area contributed by atoms with Gasteiger partial charge in [0.05, 0.1) is 12.8 Å². The van der Waals surface area contributed by atoms with Crippen molar-refractivity contribution in [2.45, 2.75) is 19.8 Å². The molecule has 0 unspecified atom stereocenters. The summed E-state index contributed by atoms with van der Waals surface area (Å²) in [6.45, 7) is 3.61. The zero-order valence-electron chi connectivity index (χ0n) is 17.3. The van der Waals surface area contributed by atoms with Crippen molar-refractivity contribution in [1.29, 1.82) is 0 Å². The lowest BCUT2D eigenvalue weighted by atomic mass is 9.95. The fourth-order valence-electron chi connectivity index (χ4n) is 3.75. The Hall–Kier alpha value is -3.41. The number of hydrogen-bond acceptors (Lipinski definition) is 5. The van der Waals surface area contributed by atoms with Gasteiger partial charge in [-0.3, -0.25) is 4.79 Å². The van der Waals surface area contributed by atoms with Crippen LogP contribution in [0.1, 0.15) is 18.4 Å². The maximum atomic E-state index is 12.6. The van der Waals surface area contributed by atoms with Crippen molar-refractivity contribution >= 4 is 17.4 Å². The first-order valence-electron chi connectivity index (χ1n) is 10.2. The third-order valence-electron chi connectivity index (χ3n) is 5.54. The molecule has 6 nitrogen and oxygen atoms in total. The van der Waals surface area contributed by atoms with Crippen LogP contribution in [0.25, 0.3) is 11.3 Å². The monoisotopic (exact) mass is 402 g/mol. The highest BCUT2D eigenvalue weighted by atomic mass is 16.5. The fraction of sp³-hybridized carbons (Fsp3) is 0.292. The van der Waals surface area contributed by atoms with Crippen LogP contribution in [0.5, 0.6) is 5.75 Å². The molecule has 0 aliphatic carbocycles. The summed E-state index contributed by atoms with van der Waals surface area (Å²) in [4.78, 5) is 14.8. The minimum absolute atomic E-state index is 0.0170. The molecule has 6 heteroatoms. The van der Waals surface area contributed by atoms with E-state index in [0.29, 0.717) is 0 Å². The van der Waals surface area contributed by atoms with Gasteiger partial charge in [0.2, 0.25) is 5.91 Å². The molecule has 2 aromatic carbocycles. The van der Waals surface area contributed by atoms with Crippen LogP contribution < -0.4 is 15.0 Å². The van der Waals surface area contributed by atoms with E-state index >= 15 is 0 Å². The molecule has 1 fully saturated rings. The number of methoxy groups -OCH3 is 1. The molecule has 0 radical (unpaired) electrons. The Morgan fingerprint density at radius 3 is 2.40 bits per heavy atom. The summed E-state index contributed by atoms with van der Waals surface area (Å²) in [6, 6.07) is 19.6. The van der Waals surface area contributed by atoms with Gasteiger partial charge in [-0.1, -0.05) is 29.8 Å². The third kappa shape index (κ3) is 4.43. The van der Waals surface area contributed by atoms with Gasteiger partial charge in [-0.2, -0.15) is 0 Å². The summed E-state index contributed by atoms with van der Waals surface area (Å²) in [7, 11) is 1.65. The van der Waals surface area contributed by atoms with Gasteiger partial charge >= 0.3 is 0 Å². The van der Waals surface area contributed by atoms with Gasteiger partial charge in [-0.25, -0.2) is 0 Å². The number of aromatic nitrogens is 2. The highest BCUT2D eigenvalue weighted by molar-refractivity contribution is 5.92. The van der Waals surface area contributed by atoms with E-state index in [4.69, 9.17) is 4.74 Å². The summed E-state index contributed by atoms with van der Waals surface area (Å²) in [5, 5.41) is 11.9. The summed E-state index contributed by atoms with van der Waals surface area (Å²) in [6.07, 6.45) is 1.60. The Morgan fingerprint density at radius 2 is 1.73 bits per heavy atom. The van der Waals surface area contributed by atoms with Crippen LogP contribution in [0.15, 0.2) is 60.7 Å². The number of aryl methyl sites for hydroxylation is 1. The predicted octanol–water partition coefficient (Wildman–Crippen LogP) is 4.32. The number of amides is 1. The molecule has 154 valence electrons. The van der Waals surface area contributed by atoms with E-state index in [1.807, 2.05) is 67.6 Å². The normalized spacial score (nSPS) is 14.4. The number of para-hydroxylation sites is 1. The van der Waals surface area contributed by atoms with Gasteiger partial charge in [0.15, 0.2) is 5.82 Å². The Morgan fingerprint density at radius 1 is 1.00 bits per heavy atom. The molecule has 2 heterocycles. The molecule has 0 atom stereocenters. The number of benzene rings is 2. The van der Waals surface area contributed by atoms with Gasteiger partial charge in [-0.05, 0) is 56.2 Å². The van der Waals surface area contributed by atoms with Crippen molar-refractivity contribution in [2.75, 3.05) is 30.4 Å². The number of ether oxygens (including phenoxy) is 1. The second-order valence-corrected chi connectivity index (χ2v) is 7.59. The van der Waals surface area contributed by atoms with Gasteiger partial charge in [0.1, 0.15) is 5.75 Å². The first kappa shape index (κ1) is 19.9. The van der Waals surface area contributed by atoms with E-state index in [1.165, 1.54) is 5.56 Å². The average molecular weight is 402 g/mol. The minimum atomic E-state index is 0.0170. The SMILES string of the molecule is COc1ccccc1-c1ccc(N2CCC(C(=O)Nc3ccc(C)cc3)CC2)nn1. The topological polar surface area (TPSA) is 67.3 Å². The predicted molar refractivity (Wildman–Crippen MR) is 119 cm³/mol. The zero-order valence-corrected chi connectivity index (χ0v) is 17.3. The van der Waals surface area contributed by atoms with Gasteiger partial charge < -0.3 is 15.0 Å². The standard InChI is InChI=1S/C24H26N4O2/c1-17-7-9-19(10-8-17)25-24(29)18-13-15-28(16-14-18)23-12-11-21(26-27-23)20-5-3-4-6-22(20)30-2/h3-12,18H,13-16H2,1-2H3,(H,25,29). The summed E-state index contributed by atoms with van der Waals surface area (Å²) in [5.74, 6) is 1.73. The van der Waals surface area contributed by atoms with Crippen molar-refractivity contribution in [3.05, 3.63) is 66.2 Å². The maximum absolute atomic E-state index is 12.6. The molecule has 0 spiro atoms. The molecule has 1 aromatic heterocycles. The molecule has 1 N–H and O–H groups in total. The molecular weight excluding hydrogens is 376 g/mol. The van der Waals surface area contributed by atoms with Crippen molar-refractivity contribution in [1.82, 2.24) is 10.2 Å². The van der Waals surface area contributed by atoms with Crippen LogP contribution in [0, 0.1) is 12.8 Å². The Labute approximate surface area is 176 Å². The van der Waals surface area contributed by atoms with E-state index in [9.17, 15) is 4.79 Å². The number of carbonyl (C=O) groups excluding carboxylic acids is 1. The van der Waals surface area contributed by atoms with Crippen LogP contribution in [0.2, 0.25) is 0 Å². The zero-order chi connectivity index (χ0) is 20.9. The molecule has 30 heavy (non-hydrogen) atoms.